The van der Waals surface area contributed by atoms with Crippen molar-refractivity contribution in [3.63, 3.8) is 0 Å². The molecule has 222 valence electrons. The van der Waals surface area contributed by atoms with Gasteiger partial charge in [-0.3, -0.25) is 0 Å². The number of nitrogens with one attached hydrogen (secondary N) is 1. The van der Waals surface area contributed by atoms with Crippen molar-refractivity contribution in [1.82, 2.24) is 4.98 Å². The molecule has 1 aromatic heterocycles. The summed E-state index contributed by atoms with van der Waals surface area (Å²) in [6, 6.07) is 34.2. The van der Waals surface area contributed by atoms with Crippen molar-refractivity contribution in [1.29, 1.82) is 0 Å². The molecule has 45 heavy (non-hydrogen) atoms. The van der Waals surface area contributed by atoms with E-state index in [1.54, 1.807) is 19.2 Å². The molecule has 5 aromatic rings. The number of aryl methyl sites for hydroxylation is 1. The van der Waals surface area contributed by atoms with E-state index in [9.17, 15) is 4.79 Å². The number of H-pyrrole nitrogens is 1. The maximum Gasteiger partial charge on any atom is 0.341 e. The highest BCUT2D eigenvalue weighted by Gasteiger charge is 2.29. The molecule has 0 saturated heterocycles. The van der Waals surface area contributed by atoms with E-state index in [4.69, 9.17) is 24.6 Å². The average Bonchev–Trinajstić information content (AvgIpc) is 3.61. The van der Waals surface area contributed by atoms with Gasteiger partial charge in [0.15, 0.2) is 12.4 Å². The summed E-state index contributed by atoms with van der Waals surface area (Å²) in [5, 5.41) is 8.97. The van der Waals surface area contributed by atoms with Gasteiger partial charge in [-0.2, -0.15) is 0 Å². The van der Waals surface area contributed by atoms with Crippen LogP contribution in [-0.2, 0) is 17.6 Å². The number of aromatic nitrogens is 1. The number of benzene rings is 4. The fraction of sp³-hybridized carbons (Fsp3) is 0.108. The number of ether oxygens (including phenoxy) is 2. The maximum atomic E-state index is 10.9. The number of hydrogen-bond donors (Lipinski definition) is 2. The molecule has 1 aliphatic heterocycles. The number of rotatable bonds is 8. The van der Waals surface area contributed by atoms with Crippen LogP contribution in [0, 0.1) is 0 Å². The Morgan fingerprint density at radius 3 is 2.27 bits per heavy atom. The summed E-state index contributed by atoms with van der Waals surface area (Å²) in [6.07, 6.45) is 1.79. The average molecular weight is 706 g/mol. The Balaban J connectivity index is 1.38. The van der Waals surface area contributed by atoms with E-state index in [2.05, 4.69) is 76.1 Å². The van der Waals surface area contributed by atoms with Gasteiger partial charge in [0.25, 0.3) is 0 Å². The Bertz CT molecular complexity index is 2010. The molecule has 0 amide bonds. The number of hydrogen-bond acceptors (Lipinski definition) is 4. The third-order valence-corrected chi connectivity index (χ3v) is 9.06. The second-order valence-electron chi connectivity index (χ2n) is 10.7. The third kappa shape index (κ3) is 5.57. The number of halogens is 1. The number of methoxy groups -OCH3 is 1. The van der Waals surface area contributed by atoms with Crippen molar-refractivity contribution >= 4 is 51.5 Å². The van der Waals surface area contributed by atoms with Gasteiger partial charge in [0.05, 0.1) is 22.1 Å². The van der Waals surface area contributed by atoms with Crippen LogP contribution in [0.2, 0.25) is 0 Å². The number of aliphatic imine (C=N–C) groups is 2. The molecule has 7 rings (SSSR count). The van der Waals surface area contributed by atoms with E-state index in [0.717, 1.165) is 72.8 Å². The SMILES string of the molecule is COc1ccc2c(c1)CCc1c-2[nH]c(/N=C2\N=C(c3ccc(OCC(=O)O)cc3)C(I)=C2c2ccccc2)c1-c1ccccc1. The number of carboxylic acids is 1. The summed E-state index contributed by atoms with van der Waals surface area (Å²) < 4.78 is 11.8. The zero-order chi connectivity index (χ0) is 30.9. The Hall–Kier alpha value is -4.96. The topological polar surface area (TPSA) is 96.3 Å². The van der Waals surface area contributed by atoms with Crippen LogP contribution in [-0.4, -0.2) is 41.3 Å². The van der Waals surface area contributed by atoms with E-state index >= 15 is 0 Å². The lowest BCUT2D eigenvalue weighted by atomic mass is 9.87. The summed E-state index contributed by atoms with van der Waals surface area (Å²) in [5.74, 6) is 1.71. The van der Waals surface area contributed by atoms with E-state index in [0.29, 0.717) is 11.6 Å². The molecule has 8 heteroatoms. The van der Waals surface area contributed by atoms with Crippen LogP contribution < -0.4 is 9.47 Å². The van der Waals surface area contributed by atoms with Gasteiger partial charge in [-0.1, -0.05) is 60.7 Å². The van der Waals surface area contributed by atoms with Crippen LogP contribution in [0.1, 0.15) is 22.3 Å². The number of fused-ring (bicyclic) bond motifs is 3. The molecule has 7 nitrogen and oxygen atoms in total. The Morgan fingerprint density at radius 2 is 1.58 bits per heavy atom. The summed E-state index contributed by atoms with van der Waals surface area (Å²) >= 11 is 2.36. The van der Waals surface area contributed by atoms with Gasteiger partial charge >= 0.3 is 5.97 Å². The van der Waals surface area contributed by atoms with Crippen molar-refractivity contribution in [2.24, 2.45) is 9.98 Å². The zero-order valence-corrected chi connectivity index (χ0v) is 26.5. The van der Waals surface area contributed by atoms with Crippen LogP contribution >= 0.6 is 22.6 Å². The monoisotopic (exact) mass is 705 g/mol. The summed E-state index contributed by atoms with van der Waals surface area (Å²) in [5.41, 5.74) is 10.6. The fourth-order valence-electron chi connectivity index (χ4n) is 5.93. The number of aliphatic carboxylic acids is 1. The van der Waals surface area contributed by atoms with Crippen molar-refractivity contribution in [2.75, 3.05) is 13.7 Å². The van der Waals surface area contributed by atoms with Crippen LogP contribution in [0.5, 0.6) is 11.5 Å². The number of nitrogens with zero attached hydrogens (tertiary/aromatic N) is 2. The van der Waals surface area contributed by atoms with Crippen LogP contribution in [0.4, 0.5) is 5.82 Å². The van der Waals surface area contributed by atoms with Crippen LogP contribution in [0.15, 0.2) is 117 Å². The normalized spacial score (nSPS) is 14.6. The summed E-state index contributed by atoms with van der Waals surface area (Å²) in [7, 11) is 1.70. The first-order valence-electron chi connectivity index (χ1n) is 14.6. The predicted molar refractivity (Wildman–Crippen MR) is 186 cm³/mol. The van der Waals surface area contributed by atoms with E-state index in [1.807, 2.05) is 42.5 Å². The molecule has 0 atom stereocenters. The minimum absolute atomic E-state index is 0.394. The lowest BCUT2D eigenvalue weighted by molar-refractivity contribution is -0.139. The number of carbonyl (C=O) groups is 1. The molecule has 0 spiro atoms. The van der Waals surface area contributed by atoms with Gasteiger partial charge in [-0.25, -0.2) is 14.8 Å². The first-order valence-corrected chi connectivity index (χ1v) is 15.6. The lowest BCUT2D eigenvalue weighted by Gasteiger charge is -2.18. The molecule has 0 bridgehead atoms. The molecule has 0 fully saturated rings. The molecular weight excluding hydrogens is 677 g/mol. The smallest absolute Gasteiger partial charge is 0.341 e. The zero-order valence-electron chi connectivity index (χ0n) is 24.4. The van der Waals surface area contributed by atoms with Crippen LogP contribution in [0.25, 0.3) is 28.0 Å². The highest BCUT2D eigenvalue weighted by atomic mass is 127. The fourth-order valence-corrected chi connectivity index (χ4v) is 6.92. The Kier molecular flexibility index (Phi) is 7.81. The lowest BCUT2D eigenvalue weighted by Crippen LogP contribution is -2.09. The largest absolute Gasteiger partial charge is 0.497 e. The Labute approximate surface area is 274 Å². The van der Waals surface area contributed by atoms with Crippen molar-refractivity contribution in [3.8, 4) is 33.9 Å². The molecule has 0 saturated carbocycles. The van der Waals surface area contributed by atoms with E-state index in [1.165, 1.54) is 11.1 Å². The molecule has 0 unspecified atom stereocenters. The third-order valence-electron chi connectivity index (χ3n) is 8.01. The van der Waals surface area contributed by atoms with Gasteiger partial charge < -0.3 is 19.6 Å². The summed E-state index contributed by atoms with van der Waals surface area (Å²) in [4.78, 5) is 25.1. The quantitative estimate of drug-likeness (QED) is 0.159. The molecule has 2 heterocycles. The van der Waals surface area contributed by atoms with Gasteiger partial charge in [0.2, 0.25) is 0 Å². The second-order valence-corrected chi connectivity index (χ2v) is 11.8. The van der Waals surface area contributed by atoms with Crippen molar-refractivity contribution in [3.05, 3.63) is 129 Å². The second kappa shape index (κ2) is 12.2. The van der Waals surface area contributed by atoms with Gasteiger partial charge in [0, 0.05) is 22.3 Å². The first-order chi connectivity index (χ1) is 22.0. The highest BCUT2D eigenvalue weighted by Crippen LogP contribution is 2.46. The number of allylic oxidation sites excluding steroid dienone is 1. The van der Waals surface area contributed by atoms with Crippen molar-refractivity contribution < 1.29 is 19.4 Å². The predicted octanol–water partition coefficient (Wildman–Crippen LogP) is 8.30. The molecule has 2 N–H and O–H groups in total. The molecule has 4 aromatic carbocycles. The number of carboxylic acid groups (broad SMARTS) is 1. The minimum atomic E-state index is -1.02. The molecule has 1 aliphatic carbocycles. The molecular formula is C37H28IN3O4. The van der Waals surface area contributed by atoms with E-state index < -0.39 is 12.6 Å². The van der Waals surface area contributed by atoms with Gasteiger partial charge in [0.1, 0.15) is 17.3 Å². The maximum absolute atomic E-state index is 10.9. The number of amidine groups is 1. The van der Waals surface area contributed by atoms with Crippen LogP contribution in [0.3, 0.4) is 0 Å². The molecule has 0 radical (unpaired) electrons. The first kappa shape index (κ1) is 28.8. The van der Waals surface area contributed by atoms with Gasteiger partial charge in [-0.05, 0) is 100 Å². The standard InChI is InChI=1S/C37H28IN3O4/c1-44-27-17-19-28-25(20-27)14-18-29-31(22-8-4-2-5-9-22)36(40-35(28)29)41-37-32(23-10-6-3-7-11-23)33(38)34(39-37)24-12-15-26(16-13-24)45-21-30(42)43/h2-13,15-17,19-20,40H,14,18,21H2,1H3,(H,42,43)/b41-37-. The van der Waals surface area contributed by atoms with E-state index in [-0.39, 0.29) is 0 Å². The molecule has 2 aliphatic rings. The summed E-state index contributed by atoms with van der Waals surface area (Å²) in [6.45, 7) is -0.394. The highest BCUT2D eigenvalue weighted by molar-refractivity contribution is 14.1. The van der Waals surface area contributed by atoms with Crippen molar-refractivity contribution in [2.45, 2.75) is 12.8 Å². The van der Waals surface area contributed by atoms with Gasteiger partial charge in [-0.15, -0.1) is 0 Å². The number of aromatic amines is 1. The Morgan fingerprint density at radius 1 is 0.889 bits per heavy atom. The minimum Gasteiger partial charge on any atom is -0.497 e.